The molecular weight excluding hydrogens is 677 g/mol. The Labute approximate surface area is 344 Å². The largest absolute Gasteiger partial charge is 0.390 e. The lowest BCUT2D eigenvalue weighted by atomic mass is 10.1. The monoisotopic (exact) mass is 775 g/mol. The quantitative estimate of drug-likeness (QED) is 0.0364. The Kier molecular flexibility index (Phi) is 47.8. The average molecular weight is 775 g/mol. The van der Waals surface area contributed by atoms with Crippen molar-refractivity contribution in [1.82, 2.24) is 9.80 Å². The van der Waals surface area contributed by atoms with E-state index < -0.39 is 12.2 Å². The first kappa shape index (κ1) is 55.8. The van der Waals surface area contributed by atoms with Gasteiger partial charge in [0.15, 0.2) is 0 Å². The van der Waals surface area contributed by atoms with Crippen molar-refractivity contribution in [2.24, 2.45) is 11.5 Å². The normalized spacial score (nSPS) is 13.5. The van der Waals surface area contributed by atoms with Gasteiger partial charge >= 0.3 is 0 Å². The van der Waals surface area contributed by atoms with Crippen LogP contribution in [0.3, 0.4) is 0 Å². The molecule has 326 valence electrons. The number of aliphatic hydroxyl groups excluding tert-OH is 2. The van der Waals surface area contributed by atoms with E-state index in [-0.39, 0.29) is 7.43 Å². The highest BCUT2D eigenvalue weighted by atomic mass is 16.3. The van der Waals surface area contributed by atoms with E-state index in [4.69, 9.17) is 11.5 Å². The molecule has 0 amide bonds. The van der Waals surface area contributed by atoms with Gasteiger partial charge in [0.2, 0.25) is 0 Å². The minimum Gasteiger partial charge on any atom is -0.390 e. The van der Waals surface area contributed by atoms with Crippen molar-refractivity contribution in [1.29, 1.82) is 0 Å². The molecule has 0 saturated carbocycles. The van der Waals surface area contributed by atoms with Gasteiger partial charge in [-0.3, -0.25) is 0 Å². The van der Waals surface area contributed by atoms with Crippen LogP contribution in [0.4, 0.5) is 0 Å². The molecule has 0 aromatic rings. The number of nitrogens with zero attached hydrogens (tertiary/aromatic N) is 2. The van der Waals surface area contributed by atoms with Gasteiger partial charge in [-0.15, -0.1) is 0 Å². The van der Waals surface area contributed by atoms with E-state index in [0.717, 1.165) is 51.9 Å². The predicted molar refractivity (Wildman–Crippen MR) is 247 cm³/mol. The Hall–Kier alpha value is -1.28. The fourth-order valence-corrected chi connectivity index (χ4v) is 7.01. The average Bonchev–Trinajstić information content (AvgIpc) is 3.18. The maximum absolute atomic E-state index is 10.3. The number of allylic oxidation sites excluding steroid dienone is 8. The van der Waals surface area contributed by atoms with Crippen LogP contribution in [0, 0.1) is 0 Å². The molecule has 0 bridgehead atoms. The van der Waals surface area contributed by atoms with Gasteiger partial charge in [0.25, 0.3) is 0 Å². The molecule has 0 fully saturated rings. The first-order valence-electron chi connectivity index (χ1n) is 23.4. The molecule has 2 unspecified atom stereocenters. The minimum absolute atomic E-state index is 0. The molecule has 0 rings (SSSR count). The lowest BCUT2D eigenvalue weighted by Gasteiger charge is -2.25. The van der Waals surface area contributed by atoms with Gasteiger partial charge < -0.3 is 31.5 Å². The highest BCUT2D eigenvalue weighted by Crippen LogP contribution is 2.12. The van der Waals surface area contributed by atoms with Crippen LogP contribution < -0.4 is 11.5 Å². The molecule has 6 heteroatoms. The zero-order valence-electron chi connectivity index (χ0n) is 36.2. The number of unbranched alkanes of at least 4 members (excludes halogenated alkanes) is 21. The molecule has 0 aliphatic heterocycles. The Balaban J connectivity index is 0. The number of aliphatic hydroxyl groups is 2. The van der Waals surface area contributed by atoms with E-state index >= 15 is 0 Å². The topological polar surface area (TPSA) is 99.0 Å². The van der Waals surface area contributed by atoms with E-state index in [2.05, 4.69) is 72.3 Å². The van der Waals surface area contributed by atoms with Crippen LogP contribution in [0.1, 0.15) is 201 Å². The summed E-state index contributed by atoms with van der Waals surface area (Å²) >= 11 is 0. The van der Waals surface area contributed by atoms with E-state index in [9.17, 15) is 10.2 Å². The molecule has 0 aromatic carbocycles. The summed E-state index contributed by atoms with van der Waals surface area (Å²) in [5.41, 5.74) is 11.5. The molecule has 6 nitrogen and oxygen atoms in total. The Morgan fingerprint density at radius 2 is 0.636 bits per heavy atom. The standard InChI is InChI=1S/C48H94N4O2.CH4/c1-3-5-7-9-11-13-15-17-19-21-23-25-27-29-31-35-39-51(45-47(53)43-49)41-37-33-34-38-42-52(46-48(54)44-50)40-36-32-30-28-26-24-22-20-18-16-14-12-10-8-6-4-2;/h11-14,17-20,47-48,53-54H,3-10,15-16,21-46,49-50H2,1-2H3;1H4/b13-11-,14-12-,19-17+,20-18+;. The second-order valence-corrected chi connectivity index (χ2v) is 16.0. The lowest BCUT2D eigenvalue weighted by molar-refractivity contribution is 0.113. The summed E-state index contributed by atoms with van der Waals surface area (Å²) in [7, 11) is 0. The molecule has 6 N–H and O–H groups in total. The SMILES string of the molecule is C.CCCCC/C=C\C/C=C/CCCCCCCCN(CCCCCCN(CCCCCCCC/C=C/C/C=C\CCCCC)CC(O)CN)CC(O)CN. The van der Waals surface area contributed by atoms with Crippen molar-refractivity contribution in [3.8, 4) is 0 Å². The molecule has 0 spiro atoms. The van der Waals surface area contributed by atoms with Crippen molar-refractivity contribution in [2.75, 3.05) is 52.4 Å². The van der Waals surface area contributed by atoms with Crippen molar-refractivity contribution >= 4 is 0 Å². The van der Waals surface area contributed by atoms with Gasteiger partial charge in [-0.25, -0.2) is 0 Å². The van der Waals surface area contributed by atoms with Gasteiger partial charge in [-0.05, 0) is 116 Å². The molecule has 0 aliphatic rings. The smallest absolute Gasteiger partial charge is 0.0789 e. The molecular formula is C49H98N4O2. The first-order chi connectivity index (χ1) is 26.6. The van der Waals surface area contributed by atoms with Gasteiger partial charge in [0.1, 0.15) is 0 Å². The van der Waals surface area contributed by atoms with E-state index in [1.165, 1.54) is 154 Å². The number of hydrogen-bond donors (Lipinski definition) is 4. The minimum atomic E-state index is -0.434. The Bertz CT molecular complexity index is 777. The Morgan fingerprint density at radius 1 is 0.382 bits per heavy atom. The third-order valence-corrected chi connectivity index (χ3v) is 10.5. The summed E-state index contributed by atoms with van der Waals surface area (Å²) in [5.74, 6) is 0. The highest BCUT2D eigenvalue weighted by Gasteiger charge is 2.12. The van der Waals surface area contributed by atoms with Crippen LogP contribution in [0.15, 0.2) is 48.6 Å². The van der Waals surface area contributed by atoms with Crippen LogP contribution >= 0.6 is 0 Å². The maximum atomic E-state index is 10.3. The fraction of sp³-hybridized carbons (Fsp3) is 0.837. The zero-order valence-corrected chi connectivity index (χ0v) is 36.2. The molecule has 2 atom stereocenters. The van der Waals surface area contributed by atoms with Gasteiger partial charge in [-0.2, -0.15) is 0 Å². The second kappa shape index (κ2) is 47.1. The van der Waals surface area contributed by atoms with Crippen molar-refractivity contribution < 1.29 is 10.2 Å². The van der Waals surface area contributed by atoms with Crippen LogP contribution in [-0.4, -0.2) is 84.6 Å². The maximum Gasteiger partial charge on any atom is 0.0789 e. The van der Waals surface area contributed by atoms with Crippen molar-refractivity contribution in [3.05, 3.63) is 48.6 Å². The van der Waals surface area contributed by atoms with Gasteiger partial charge in [0.05, 0.1) is 12.2 Å². The van der Waals surface area contributed by atoms with Crippen molar-refractivity contribution in [3.63, 3.8) is 0 Å². The van der Waals surface area contributed by atoms with Crippen LogP contribution in [0.2, 0.25) is 0 Å². The second-order valence-electron chi connectivity index (χ2n) is 16.0. The third kappa shape index (κ3) is 43.7. The van der Waals surface area contributed by atoms with Crippen LogP contribution in [-0.2, 0) is 0 Å². The molecule has 0 heterocycles. The zero-order chi connectivity index (χ0) is 39.4. The van der Waals surface area contributed by atoms with Crippen molar-refractivity contribution in [2.45, 2.75) is 213 Å². The summed E-state index contributed by atoms with van der Waals surface area (Å²) in [6.45, 7) is 10.8. The molecule has 0 radical (unpaired) electrons. The fourth-order valence-electron chi connectivity index (χ4n) is 7.01. The number of hydrogen-bond acceptors (Lipinski definition) is 6. The number of nitrogens with two attached hydrogens (primary N) is 2. The van der Waals surface area contributed by atoms with Crippen LogP contribution in [0.25, 0.3) is 0 Å². The molecule has 0 saturated heterocycles. The van der Waals surface area contributed by atoms with Crippen LogP contribution in [0.5, 0.6) is 0 Å². The predicted octanol–water partition coefficient (Wildman–Crippen LogP) is 12.1. The summed E-state index contributed by atoms with van der Waals surface area (Å²) < 4.78 is 0. The molecule has 0 aliphatic carbocycles. The number of rotatable bonds is 43. The summed E-state index contributed by atoms with van der Waals surface area (Å²) in [6.07, 6.45) is 53.0. The molecule has 0 aromatic heterocycles. The molecule has 55 heavy (non-hydrogen) atoms. The van der Waals surface area contributed by atoms with E-state index in [0.29, 0.717) is 26.2 Å². The Morgan fingerprint density at radius 3 is 0.909 bits per heavy atom. The van der Waals surface area contributed by atoms with E-state index in [1.54, 1.807) is 0 Å². The lowest BCUT2D eigenvalue weighted by Crippen LogP contribution is -2.38. The first-order valence-corrected chi connectivity index (χ1v) is 23.4. The summed E-state index contributed by atoms with van der Waals surface area (Å²) in [5, 5.41) is 20.5. The summed E-state index contributed by atoms with van der Waals surface area (Å²) in [6, 6.07) is 0. The summed E-state index contributed by atoms with van der Waals surface area (Å²) in [4.78, 5) is 4.88. The van der Waals surface area contributed by atoms with E-state index in [1.807, 2.05) is 0 Å². The third-order valence-electron chi connectivity index (χ3n) is 10.5. The van der Waals surface area contributed by atoms with Gasteiger partial charge in [-0.1, -0.05) is 160 Å². The van der Waals surface area contributed by atoms with Gasteiger partial charge in [0, 0.05) is 26.2 Å². The highest BCUT2D eigenvalue weighted by molar-refractivity contribution is 4.93.